The molecule has 0 aliphatic rings. The van der Waals surface area contributed by atoms with E-state index in [2.05, 4.69) is 10.6 Å². The molecule has 0 aliphatic heterocycles. The minimum absolute atomic E-state index is 0.0440. The Kier molecular flexibility index (Phi) is 6.96. The van der Waals surface area contributed by atoms with E-state index in [0.29, 0.717) is 6.42 Å². The van der Waals surface area contributed by atoms with Gasteiger partial charge in [-0.3, -0.25) is 9.59 Å². The molecule has 0 unspecified atom stereocenters. The number of carboxylic acid groups (broad SMARTS) is 1. The van der Waals surface area contributed by atoms with Crippen molar-refractivity contribution in [3.63, 3.8) is 0 Å². The summed E-state index contributed by atoms with van der Waals surface area (Å²) in [4.78, 5) is 34.7. The number of hydrogen-bond acceptors (Lipinski definition) is 3. The molecular formula is C16H19F3N2O4. The van der Waals surface area contributed by atoms with Crippen LogP contribution >= 0.6 is 0 Å². The summed E-state index contributed by atoms with van der Waals surface area (Å²) >= 11 is 0. The lowest BCUT2D eigenvalue weighted by Gasteiger charge is -2.20. The first kappa shape index (κ1) is 20.5. The number of benzene rings is 1. The molecule has 0 heterocycles. The van der Waals surface area contributed by atoms with Crippen molar-refractivity contribution in [3.8, 4) is 0 Å². The summed E-state index contributed by atoms with van der Waals surface area (Å²) in [6, 6.07) is 2.43. The zero-order valence-corrected chi connectivity index (χ0v) is 13.7. The third-order valence-electron chi connectivity index (χ3n) is 3.68. The molecule has 0 aromatic heterocycles. The lowest BCUT2D eigenvalue weighted by atomic mass is 9.99. The SMILES string of the molecule is CC[C@H](C)[C@H](NC(=O)CNC(=O)c1ccc(C(F)(F)F)cc1)C(=O)O. The normalized spacial score (nSPS) is 13.6. The molecule has 138 valence electrons. The van der Waals surface area contributed by atoms with E-state index in [1.165, 1.54) is 0 Å². The number of carbonyl (C=O) groups excluding carboxylic acids is 2. The van der Waals surface area contributed by atoms with Crippen molar-refractivity contribution < 1.29 is 32.7 Å². The van der Waals surface area contributed by atoms with Gasteiger partial charge in [-0.2, -0.15) is 13.2 Å². The van der Waals surface area contributed by atoms with E-state index in [1.807, 2.05) is 0 Å². The number of carboxylic acids is 1. The van der Waals surface area contributed by atoms with Gasteiger partial charge >= 0.3 is 12.1 Å². The van der Waals surface area contributed by atoms with E-state index >= 15 is 0 Å². The number of hydrogen-bond donors (Lipinski definition) is 3. The van der Waals surface area contributed by atoms with E-state index in [9.17, 15) is 27.6 Å². The second kappa shape index (κ2) is 8.50. The average molecular weight is 360 g/mol. The quantitative estimate of drug-likeness (QED) is 0.693. The predicted molar refractivity (Wildman–Crippen MR) is 82.8 cm³/mol. The molecule has 0 spiro atoms. The summed E-state index contributed by atoms with van der Waals surface area (Å²) < 4.78 is 37.4. The molecule has 6 nitrogen and oxygen atoms in total. The fourth-order valence-corrected chi connectivity index (χ4v) is 1.98. The Morgan fingerprint density at radius 2 is 1.72 bits per heavy atom. The van der Waals surface area contributed by atoms with Gasteiger partial charge in [0.25, 0.3) is 5.91 Å². The van der Waals surface area contributed by atoms with Gasteiger partial charge in [-0.15, -0.1) is 0 Å². The predicted octanol–water partition coefficient (Wildman–Crippen LogP) is 2.05. The fourth-order valence-electron chi connectivity index (χ4n) is 1.98. The van der Waals surface area contributed by atoms with Crippen molar-refractivity contribution in [1.82, 2.24) is 10.6 Å². The highest BCUT2D eigenvalue weighted by Crippen LogP contribution is 2.29. The number of alkyl halides is 3. The molecule has 2 atom stereocenters. The highest BCUT2D eigenvalue weighted by molar-refractivity contribution is 5.96. The molecular weight excluding hydrogens is 341 g/mol. The number of carbonyl (C=O) groups is 3. The van der Waals surface area contributed by atoms with Gasteiger partial charge in [0.2, 0.25) is 5.91 Å². The number of rotatable bonds is 7. The summed E-state index contributed by atoms with van der Waals surface area (Å²) in [5.74, 6) is -2.92. The summed E-state index contributed by atoms with van der Waals surface area (Å²) in [5, 5.41) is 13.6. The van der Waals surface area contributed by atoms with Crippen molar-refractivity contribution in [2.75, 3.05) is 6.54 Å². The second-order valence-corrected chi connectivity index (χ2v) is 5.53. The van der Waals surface area contributed by atoms with Crippen molar-refractivity contribution in [2.24, 2.45) is 5.92 Å². The lowest BCUT2D eigenvalue weighted by Crippen LogP contribution is -2.48. The lowest BCUT2D eigenvalue weighted by molar-refractivity contribution is -0.143. The Bertz CT molecular complexity index is 629. The highest BCUT2D eigenvalue weighted by Gasteiger charge is 2.30. The molecule has 0 aliphatic carbocycles. The minimum atomic E-state index is -4.50. The molecule has 25 heavy (non-hydrogen) atoms. The maximum absolute atomic E-state index is 12.5. The first-order chi connectivity index (χ1) is 11.6. The third-order valence-corrected chi connectivity index (χ3v) is 3.68. The maximum atomic E-state index is 12.5. The first-order valence-electron chi connectivity index (χ1n) is 7.53. The standard InChI is InChI=1S/C16H19F3N2O4/c1-3-9(2)13(15(24)25)21-12(22)8-20-14(23)10-4-6-11(7-5-10)16(17,18)19/h4-7,9,13H,3,8H2,1-2H3,(H,20,23)(H,21,22)(H,24,25)/t9-,13-/m0/s1. The summed E-state index contributed by atoms with van der Waals surface area (Å²) in [5.41, 5.74) is -0.933. The summed E-state index contributed by atoms with van der Waals surface area (Å²) in [6.45, 7) is 2.96. The van der Waals surface area contributed by atoms with Gasteiger partial charge in [-0.25, -0.2) is 4.79 Å². The maximum Gasteiger partial charge on any atom is 0.416 e. The fraction of sp³-hybridized carbons (Fsp3) is 0.438. The monoisotopic (exact) mass is 360 g/mol. The van der Waals surface area contributed by atoms with Crippen LogP contribution in [0.3, 0.4) is 0 Å². The van der Waals surface area contributed by atoms with E-state index in [1.54, 1.807) is 13.8 Å². The Morgan fingerprint density at radius 3 is 2.16 bits per heavy atom. The molecule has 2 amide bonds. The molecule has 0 radical (unpaired) electrons. The second-order valence-electron chi connectivity index (χ2n) is 5.53. The average Bonchev–Trinajstić information content (AvgIpc) is 2.55. The molecule has 1 rings (SSSR count). The van der Waals surface area contributed by atoms with Crippen LogP contribution < -0.4 is 10.6 Å². The topological polar surface area (TPSA) is 95.5 Å². The molecule has 0 bridgehead atoms. The molecule has 0 saturated heterocycles. The van der Waals surface area contributed by atoms with Crippen molar-refractivity contribution in [3.05, 3.63) is 35.4 Å². The first-order valence-corrected chi connectivity index (χ1v) is 7.53. The van der Waals surface area contributed by atoms with Gasteiger partial charge in [0.05, 0.1) is 12.1 Å². The number of aliphatic carboxylic acids is 1. The van der Waals surface area contributed by atoms with Crippen molar-refractivity contribution in [2.45, 2.75) is 32.5 Å². The van der Waals surface area contributed by atoms with Crippen molar-refractivity contribution >= 4 is 17.8 Å². The Labute approximate surface area is 142 Å². The Hall–Kier alpha value is -2.58. The highest BCUT2D eigenvalue weighted by atomic mass is 19.4. The van der Waals surface area contributed by atoms with Gasteiger partial charge in [0, 0.05) is 5.56 Å². The molecule has 0 saturated carbocycles. The van der Waals surface area contributed by atoms with Crippen LogP contribution in [0.25, 0.3) is 0 Å². The van der Waals surface area contributed by atoms with E-state index in [0.717, 1.165) is 24.3 Å². The van der Waals surface area contributed by atoms with Crippen LogP contribution in [0.5, 0.6) is 0 Å². The Balaban J connectivity index is 2.61. The number of nitrogens with one attached hydrogen (secondary N) is 2. The van der Waals surface area contributed by atoms with Crippen molar-refractivity contribution in [1.29, 1.82) is 0 Å². The van der Waals surface area contributed by atoms with Crippen LogP contribution in [0.2, 0.25) is 0 Å². The summed E-state index contributed by atoms with van der Waals surface area (Å²) in [6.07, 6.45) is -3.97. The largest absolute Gasteiger partial charge is 0.480 e. The van der Waals surface area contributed by atoms with Crippen LogP contribution in [0, 0.1) is 5.92 Å². The summed E-state index contributed by atoms with van der Waals surface area (Å²) in [7, 11) is 0. The van der Waals surface area contributed by atoms with Gasteiger partial charge in [-0.05, 0) is 30.2 Å². The molecule has 3 N–H and O–H groups in total. The molecule has 0 fully saturated rings. The van der Waals surface area contributed by atoms with Crippen LogP contribution in [-0.2, 0) is 15.8 Å². The van der Waals surface area contributed by atoms with Crippen LogP contribution in [0.1, 0.15) is 36.2 Å². The van der Waals surface area contributed by atoms with Crippen LogP contribution in [0.15, 0.2) is 24.3 Å². The van der Waals surface area contributed by atoms with E-state index in [-0.39, 0.29) is 11.5 Å². The molecule has 1 aromatic rings. The zero-order chi connectivity index (χ0) is 19.2. The van der Waals surface area contributed by atoms with Crippen LogP contribution in [-0.4, -0.2) is 35.5 Å². The van der Waals surface area contributed by atoms with Crippen LogP contribution in [0.4, 0.5) is 13.2 Å². The number of amides is 2. The molecule has 9 heteroatoms. The Morgan fingerprint density at radius 1 is 1.16 bits per heavy atom. The van der Waals surface area contributed by atoms with E-state index < -0.39 is 42.1 Å². The molecule has 1 aromatic carbocycles. The minimum Gasteiger partial charge on any atom is -0.480 e. The van der Waals surface area contributed by atoms with E-state index in [4.69, 9.17) is 5.11 Å². The van der Waals surface area contributed by atoms with Gasteiger partial charge in [0.15, 0.2) is 0 Å². The van der Waals surface area contributed by atoms with Gasteiger partial charge in [0.1, 0.15) is 6.04 Å². The smallest absolute Gasteiger partial charge is 0.416 e. The van der Waals surface area contributed by atoms with Gasteiger partial charge in [-0.1, -0.05) is 20.3 Å². The third kappa shape index (κ3) is 6.09. The zero-order valence-electron chi connectivity index (χ0n) is 13.7. The van der Waals surface area contributed by atoms with Gasteiger partial charge < -0.3 is 15.7 Å². The number of halogens is 3.